The van der Waals surface area contributed by atoms with Crippen molar-refractivity contribution in [2.75, 3.05) is 0 Å². The van der Waals surface area contributed by atoms with Gasteiger partial charge in [0.1, 0.15) is 0 Å². The van der Waals surface area contributed by atoms with Gasteiger partial charge in [0.25, 0.3) is 0 Å². The first-order chi connectivity index (χ1) is 12.9. The van der Waals surface area contributed by atoms with Crippen LogP contribution < -0.4 is 0 Å². The summed E-state index contributed by atoms with van der Waals surface area (Å²) in [6.07, 6.45) is -7.86. The second kappa shape index (κ2) is 7.18. The van der Waals surface area contributed by atoms with Crippen LogP contribution in [0.1, 0.15) is 33.6 Å². The van der Waals surface area contributed by atoms with E-state index in [-0.39, 0.29) is 6.42 Å². The first-order valence-electron chi connectivity index (χ1n) is 8.49. The zero-order valence-corrected chi connectivity index (χ0v) is 15.8. The molecule has 3 unspecified atom stereocenters. The average molecular weight is 470 g/mol. The molecule has 13 heteroatoms. The summed E-state index contributed by atoms with van der Waals surface area (Å²) >= 11 is 0. The van der Waals surface area contributed by atoms with E-state index < -0.39 is 65.4 Å². The Bertz CT molecular complexity index is 639. The third kappa shape index (κ3) is 3.67. The summed E-state index contributed by atoms with van der Waals surface area (Å²) in [4.78, 5) is 0. The maximum Gasteiger partial charge on any atom is 0.460 e. The van der Waals surface area contributed by atoms with Gasteiger partial charge >= 0.3 is 35.8 Å². The molecule has 0 radical (unpaired) electrons. The highest BCUT2D eigenvalue weighted by Crippen LogP contribution is 2.64. The van der Waals surface area contributed by atoms with Gasteiger partial charge < -0.3 is 0 Å². The van der Waals surface area contributed by atoms with Gasteiger partial charge in [0.15, 0.2) is 0 Å². The van der Waals surface area contributed by atoms with Crippen molar-refractivity contribution in [1.29, 1.82) is 0 Å². The third-order valence-electron chi connectivity index (χ3n) is 5.56. The largest absolute Gasteiger partial charge is 0.460 e. The number of alkyl halides is 13. The van der Waals surface area contributed by atoms with Gasteiger partial charge in [0.2, 0.25) is 0 Å². The molecule has 1 aliphatic carbocycles. The van der Waals surface area contributed by atoms with Crippen LogP contribution in [0.3, 0.4) is 0 Å². The van der Waals surface area contributed by atoms with E-state index in [1.807, 2.05) is 0 Å². The van der Waals surface area contributed by atoms with Crippen molar-refractivity contribution in [1.82, 2.24) is 0 Å². The molecule has 0 N–H and O–H groups in total. The fourth-order valence-electron chi connectivity index (χ4n) is 3.47. The molecule has 0 amide bonds. The molecule has 0 saturated heterocycles. The maximum absolute atomic E-state index is 14.5. The predicted octanol–water partition coefficient (Wildman–Crippen LogP) is 7.60. The minimum atomic E-state index is -7.86. The van der Waals surface area contributed by atoms with E-state index in [1.165, 1.54) is 20.8 Å². The Labute approximate surface area is 163 Å². The summed E-state index contributed by atoms with van der Waals surface area (Å²) in [5.74, 6) is -41.7. The predicted molar refractivity (Wildman–Crippen MR) is 80.1 cm³/mol. The van der Waals surface area contributed by atoms with E-state index in [2.05, 4.69) is 6.58 Å². The smallest absolute Gasteiger partial charge is 0.199 e. The van der Waals surface area contributed by atoms with Crippen LogP contribution in [-0.2, 0) is 0 Å². The van der Waals surface area contributed by atoms with Crippen molar-refractivity contribution < 1.29 is 57.1 Å². The molecule has 0 aliphatic heterocycles. The highest BCUT2D eigenvalue weighted by atomic mass is 19.4. The Balaban J connectivity index is 3.51. The molecule has 0 aromatic heterocycles. The first kappa shape index (κ1) is 26.9. The van der Waals surface area contributed by atoms with E-state index in [4.69, 9.17) is 0 Å². The first-order valence-corrected chi connectivity index (χ1v) is 8.49. The second-order valence-electron chi connectivity index (χ2n) is 8.46. The van der Waals surface area contributed by atoms with E-state index in [0.29, 0.717) is 6.08 Å². The highest BCUT2D eigenvalue weighted by Gasteiger charge is 2.91. The van der Waals surface area contributed by atoms with Crippen LogP contribution >= 0.6 is 0 Å². The van der Waals surface area contributed by atoms with Crippen LogP contribution in [-0.4, -0.2) is 35.8 Å². The molecule has 1 fully saturated rings. The number of rotatable bonds is 6. The van der Waals surface area contributed by atoms with Gasteiger partial charge in [-0.25, -0.2) is 0 Å². The fourth-order valence-corrected chi connectivity index (χ4v) is 3.47. The van der Waals surface area contributed by atoms with Gasteiger partial charge in [-0.2, -0.15) is 57.1 Å². The molecule has 0 heterocycles. The summed E-state index contributed by atoms with van der Waals surface area (Å²) in [6, 6.07) is 0. The van der Waals surface area contributed by atoms with Crippen molar-refractivity contribution in [3.8, 4) is 0 Å². The Hall–Kier alpha value is -1.17. The number of hydrogen-bond donors (Lipinski definition) is 0. The van der Waals surface area contributed by atoms with Crippen LogP contribution in [0.15, 0.2) is 12.7 Å². The summed E-state index contributed by atoms with van der Waals surface area (Å²) in [7, 11) is 0. The van der Waals surface area contributed by atoms with Crippen LogP contribution in [0.5, 0.6) is 0 Å². The lowest BCUT2D eigenvalue weighted by atomic mass is 9.78. The SMILES string of the molecule is C=CC1CC(C(C)(C)C)CC1C(F)(F)C(F)(F)C(F)(F)C(F)(F)C(F)(F)C(F)(F)F. The van der Waals surface area contributed by atoms with Crippen LogP contribution in [0.2, 0.25) is 0 Å². The molecule has 1 saturated carbocycles. The Morgan fingerprint density at radius 3 is 1.37 bits per heavy atom. The number of halogens is 13. The monoisotopic (exact) mass is 470 g/mol. The molecular weight excluding hydrogens is 451 g/mol. The zero-order chi connectivity index (χ0) is 24.4. The normalized spacial score (nSPS) is 25.5. The molecule has 0 nitrogen and oxygen atoms in total. The molecule has 3 atom stereocenters. The van der Waals surface area contributed by atoms with Gasteiger partial charge in [-0.1, -0.05) is 26.8 Å². The van der Waals surface area contributed by atoms with Gasteiger partial charge in [-0.3, -0.25) is 0 Å². The summed E-state index contributed by atoms with van der Waals surface area (Å²) in [5, 5.41) is 0. The van der Waals surface area contributed by atoms with Gasteiger partial charge in [0, 0.05) is 5.92 Å². The van der Waals surface area contributed by atoms with Crippen molar-refractivity contribution in [3.63, 3.8) is 0 Å². The summed E-state index contributed by atoms with van der Waals surface area (Å²) in [6.45, 7) is 7.61. The quantitative estimate of drug-likeness (QED) is 0.277. The topological polar surface area (TPSA) is 0 Å². The third-order valence-corrected chi connectivity index (χ3v) is 5.56. The zero-order valence-electron chi connectivity index (χ0n) is 15.8. The Kier molecular flexibility index (Phi) is 6.43. The summed E-state index contributed by atoms with van der Waals surface area (Å²) in [5.41, 5.74) is -0.808. The Morgan fingerprint density at radius 2 is 1.03 bits per heavy atom. The molecule has 0 spiro atoms. The van der Waals surface area contributed by atoms with E-state index in [0.717, 1.165) is 0 Å². The summed E-state index contributed by atoms with van der Waals surface area (Å²) < 4.78 is 174. The molecule has 30 heavy (non-hydrogen) atoms. The molecule has 1 aliphatic rings. The number of allylic oxidation sites excluding steroid dienone is 1. The minimum absolute atomic E-state index is 0.274. The molecule has 0 aromatic rings. The fraction of sp³-hybridized carbons (Fsp3) is 0.882. The lowest BCUT2D eigenvalue weighted by Gasteiger charge is -2.42. The van der Waals surface area contributed by atoms with Gasteiger partial charge in [-0.15, -0.1) is 6.58 Å². The second-order valence-corrected chi connectivity index (χ2v) is 8.46. The lowest BCUT2D eigenvalue weighted by molar-refractivity contribution is -0.443. The van der Waals surface area contributed by atoms with Crippen LogP contribution in [0.4, 0.5) is 57.1 Å². The van der Waals surface area contributed by atoms with Gasteiger partial charge in [-0.05, 0) is 30.1 Å². The van der Waals surface area contributed by atoms with Crippen molar-refractivity contribution >= 4 is 0 Å². The van der Waals surface area contributed by atoms with E-state index >= 15 is 0 Å². The lowest BCUT2D eigenvalue weighted by Crippen LogP contribution is -2.71. The molecule has 1 rings (SSSR count). The van der Waals surface area contributed by atoms with Crippen molar-refractivity contribution in [3.05, 3.63) is 12.7 Å². The standard InChI is InChI=1S/C17H19F13/c1-5-8-6-9(11(2,3)4)7-10(8)12(18,19)13(20,21)14(22,23)15(24,25)16(26,27)17(28,29)30/h5,8-10H,1,6-7H2,2-4H3. The average Bonchev–Trinajstić information content (AvgIpc) is 2.98. The number of hydrogen-bond acceptors (Lipinski definition) is 0. The van der Waals surface area contributed by atoms with Crippen LogP contribution in [0.25, 0.3) is 0 Å². The van der Waals surface area contributed by atoms with Crippen molar-refractivity contribution in [2.24, 2.45) is 23.2 Å². The van der Waals surface area contributed by atoms with Crippen molar-refractivity contribution in [2.45, 2.75) is 69.4 Å². The molecule has 0 bridgehead atoms. The van der Waals surface area contributed by atoms with E-state index in [9.17, 15) is 57.1 Å². The minimum Gasteiger partial charge on any atom is -0.199 e. The highest BCUT2D eigenvalue weighted by molar-refractivity contribution is 5.14. The van der Waals surface area contributed by atoms with E-state index in [1.54, 1.807) is 0 Å². The molecular formula is C17H19F13. The van der Waals surface area contributed by atoms with Gasteiger partial charge in [0.05, 0.1) is 0 Å². The Morgan fingerprint density at radius 1 is 0.633 bits per heavy atom. The maximum atomic E-state index is 14.5. The molecule has 0 aromatic carbocycles. The van der Waals surface area contributed by atoms with Crippen LogP contribution in [0, 0.1) is 23.2 Å². The molecule has 178 valence electrons.